The van der Waals surface area contributed by atoms with E-state index in [1.54, 1.807) is 0 Å². The SMILES string of the molecule is Cc1cc(SCc2ccccc2Cl)ccc1CCN. The zero-order valence-electron chi connectivity index (χ0n) is 11.0. The maximum absolute atomic E-state index is 6.16. The van der Waals surface area contributed by atoms with Gasteiger partial charge in [0.15, 0.2) is 0 Å². The fourth-order valence-electron chi connectivity index (χ4n) is 1.97. The van der Waals surface area contributed by atoms with E-state index in [1.165, 1.54) is 21.6 Å². The Bertz CT molecular complexity index is 554. The summed E-state index contributed by atoms with van der Waals surface area (Å²) in [7, 11) is 0. The summed E-state index contributed by atoms with van der Waals surface area (Å²) < 4.78 is 0. The number of nitrogens with two attached hydrogens (primary N) is 1. The van der Waals surface area contributed by atoms with Gasteiger partial charge in [-0.25, -0.2) is 0 Å². The standard InChI is InChI=1S/C16H18ClNS/c1-12-10-15(7-6-13(12)8-9-18)19-11-14-4-2-3-5-16(14)17/h2-7,10H,8-9,11,18H2,1H3. The Hall–Kier alpha value is -0.960. The summed E-state index contributed by atoms with van der Waals surface area (Å²) >= 11 is 7.97. The van der Waals surface area contributed by atoms with Crippen molar-refractivity contribution in [1.82, 2.24) is 0 Å². The molecule has 0 atom stereocenters. The molecule has 0 amide bonds. The van der Waals surface area contributed by atoms with Crippen LogP contribution in [0.2, 0.25) is 5.02 Å². The first-order chi connectivity index (χ1) is 9.20. The van der Waals surface area contributed by atoms with Crippen molar-refractivity contribution in [3.05, 3.63) is 64.2 Å². The van der Waals surface area contributed by atoms with Gasteiger partial charge in [0, 0.05) is 15.7 Å². The van der Waals surface area contributed by atoms with Crippen LogP contribution >= 0.6 is 23.4 Å². The molecule has 2 aromatic rings. The second-order valence-corrected chi connectivity index (χ2v) is 5.96. The van der Waals surface area contributed by atoms with Crippen LogP contribution in [-0.4, -0.2) is 6.54 Å². The maximum atomic E-state index is 6.16. The third kappa shape index (κ3) is 4.00. The van der Waals surface area contributed by atoms with Gasteiger partial charge in [0.2, 0.25) is 0 Å². The minimum Gasteiger partial charge on any atom is -0.330 e. The Kier molecular flexibility index (Phi) is 5.32. The largest absolute Gasteiger partial charge is 0.330 e. The van der Waals surface area contributed by atoms with Gasteiger partial charge in [0.25, 0.3) is 0 Å². The monoisotopic (exact) mass is 291 g/mol. The normalized spacial score (nSPS) is 10.7. The number of benzene rings is 2. The van der Waals surface area contributed by atoms with Gasteiger partial charge in [-0.2, -0.15) is 0 Å². The molecule has 0 aliphatic rings. The topological polar surface area (TPSA) is 26.0 Å². The van der Waals surface area contributed by atoms with Gasteiger partial charge in [0.05, 0.1) is 0 Å². The Labute approximate surface area is 124 Å². The zero-order valence-corrected chi connectivity index (χ0v) is 12.6. The number of hydrogen-bond donors (Lipinski definition) is 1. The molecule has 0 spiro atoms. The van der Waals surface area contributed by atoms with Crippen LogP contribution < -0.4 is 5.73 Å². The van der Waals surface area contributed by atoms with Gasteiger partial charge >= 0.3 is 0 Å². The summed E-state index contributed by atoms with van der Waals surface area (Å²) in [6.45, 7) is 2.84. The Morgan fingerprint density at radius 1 is 1.11 bits per heavy atom. The van der Waals surface area contributed by atoms with E-state index in [4.69, 9.17) is 17.3 Å². The molecule has 0 aliphatic heterocycles. The van der Waals surface area contributed by atoms with Gasteiger partial charge in [-0.05, 0) is 54.8 Å². The predicted molar refractivity (Wildman–Crippen MR) is 85.0 cm³/mol. The zero-order chi connectivity index (χ0) is 13.7. The smallest absolute Gasteiger partial charge is 0.0446 e. The molecule has 0 saturated carbocycles. The quantitative estimate of drug-likeness (QED) is 0.824. The first-order valence-electron chi connectivity index (χ1n) is 6.36. The first-order valence-corrected chi connectivity index (χ1v) is 7.73. The highest BCUT2D eigenvalue weighted by Crippen LogP contribution is 2.27. The van der Waals surface area contributed by atoms with Gasteiger partial charge < -0.3 is 5.73 Å². The molecule has 0 fully saturated rings. The van der Waals surface area contributed by atoms with E-state index >= 15 is 0 Å². The van der Waals surface area contributed by atoms with Crippen LogP contribution in [-0.2, 0) is 12.2 Å². The van der Waals surface area contributed by atoms with Crippen LogP contribution in [0.25, 0.3) is 0 Å². The van der Waals surface area contributed by atoms with Crippen LogP contribution in [0.4, 0.5) is 0 Å². The van der Waals surface area contributed by atoms with E-state index in [-0.39, 0.29) is 0 Å². The molecule has 2 aromatic carbocycles. The van der Waals surface area contributed by atoms with Crippen LogP contribution in [0.3, 0.4) is 0 Å². The minimum atomic E-state index is 0.701. The molecule has 0 unspecified atom stereocenters. The first kappa shape index (κ1) is 14.4. The minimum absolute atomic E-state index is 0.701. The van der Waals surface area contributed by atoms with Gasteiger partial charge in [0.1, 0.15) is 0 Å². The van der Waals surface area contributed by atoms with Crippen molar-refractivity contribution >= 4 is 23.4 Å². The van der Waals surface area contributed by atoms with E-state index in [0.29, 0.717) is 6.54 Å². The predicted octanol–water partition coefficient (Wildman–Crippen LogP) is 4.44. The van der Waals surface area contributed by atoms with Crippen LogP contribution in [0.1, 0.15) is 16.7 Å². The molecule has 2 rings (SSSR count). The number of halogens is 1. The van der Waals surface area contributed by atoms with Gasteiger partial charge in [-0.1, -0.05) is 35.9 Å². The molecule has 3 heteroatoms. The Balaban J connectivity index is 2.04. The van der Waals surface area contributed by atoms with Crippen LogP contribution in [0.5, 0.6) is 0 Å². The Morgan fingerprint density at radius 2 is 1.89 bits per heavy atom. The summed E-state index contributed by atoms with van der Waals surface area (Å²) in [5.74, 6) is 0.898. The Morgan fingerprint density at radius 3 is 2.58 bits per heavy atom. The second kappa shape index (κ2) is 6.99. The van der Waals surface area contributed by atoms with Gasteiger partial charge in [-0.3, -0.25) is 0 Å². The molecule has 0 heterocycles. The van der Waals surface area contributed by atoms with E-state index in [0.717, 1.165) is 17.2 Å². The lowest BCUT2D eigenvalue weighted by atomic mass is 10.1. The molecule has 0 aromatic heterocycles. The van der Waals surface area contributed by atoms with E-state index in [1.807, 2.05) is 30.0 Å². The van der Waals surface area contributed by atoms with E-state index in [9.17, 15) is 0 Å². The molecular weight excluding hydrogens is 274 g/mol. The summed E-state index contributed by atoms with van der Waals surface area (Å²) in [6, 6.07) is 14.6. The molecule has 100 valence electrons. The lowest BCUT2D eigenvalue weighted by molar-refractivity contribution is 0.954. The maximum Gasteiger partial charge on any atom is 0.0446 e. The third-order valence-corrected chi connectivity index (χ3v) is 4.49. The van der Waals surface area contributed by atoms with E-state index in [2.05, 4.69) is 31.2 Å². The number of hydrogen-bond acceptors (Lipinski definition) is 2. The summed E-state index contributed by atoms with van der Waals surface area (Å²) in [6.07, 6.45) is 0.946. The molecular formula is C16H18ClNS. The lowest BCUT2D eigenvalue weighted by Gasteiger charge is -2.08. The highest BCUT2D eigenvalue weighted by molar-refractivity contribution is 7.98. The van der Waals surface area contributed by atoms with Crippen molar-refractivity contribution in [2.75, 3.05) is 6.54 Å². The lowest BCUT2D eigenvalue weighted by Crippen LogP contribution is -2.03. The molecule has 0 aliphatic carbocycles. The van der Waals surface area contributed by atoms with Crippen molar-refractivity contribution in [2.24, 2.45) is 5.73 Å². The van der Waals surface area contributed by atoms with Crippen molar-refractivity contribution in [1.29, 1.82) is 0 Å². The summed E-state index contributed by atoms with van der Waals surface area (Å²) in [5.41, 5.74) is 9.43. The third-order valence-electron chi connectivity index (χ3n) is 3.08. The summed E-state index contributed by atoms with van der Waals surface area (Å²) in [5, 5.41) is 0.839. The highest BCUT2D eigenvalue weighted by Gasteiger charge is 2.03. The average Bonchev–Trinajstić information content (AvgIpc) is 2.41. The van der Waals surface area contributed by atoms with Crippen molar-refractivity contribution in [3.63, 3.8) is 0 Å². The number of rotatable bonds is 5. The number of thioether (sulfide) groups is 1. The van der Waals surface area contributed by atoms with Crippen molar-refractivity contribution in [2.45, 2.75) is 24.0 Å². The van der Waals surface area contributed by atoms with Crippen LogP contribution in [0.15, 0.2) is 47.4 Å². The van der Waals surface area contributed by atoms with E-state index < -0.39 is 0 Å². The van der Waals surface area contributed by atoms with Crippen LogP contribution in [0, 0.1) is 6.92 Å². The molecule has 0 saturated heterocycles. The second-order valence-electron chi connectivity index (χ2n) is 4.51. The molecule has 19 heavy (non-hydrogen) atoms. The molecule has 1 nitrogen and oxygen atoms in total. The number of aryl methyl sites for hydroxylation is 1. The van der Waals surface area contributed by atoms with Gasteiger partial charge in [-0.15, -0.1) is 11.8 Å². The van der Waals surface area contributed by atoms with Crippen molar-refractivity contribution in [3.8, 4) is 0 Å². The average molecular weight is 292 g/mol. The summed E-state index contributed by atoms with van der Waals surface area (Å²) in [4.78, 5) is 1.28. The molecule has 0 bridgehead atoms. The van der Waals surface area contributed by atoms with Crippen molar-refractivity contribution < 1.29 is 0 Å². The molecule has 0 radical (unpaired) electrons. The molecule has 2 N–H and O–H groups in total. The fraction of sp³-hybridized carbons (Fsp3) is 0.250. The fourth-order valence-corrected chi connectivity index (χ4v) is 3.25. The highest BCUT2D eigenvalue weighted by atomic mass is 35.5.